The zero-order chi connectivity index (χ0) is 26.8. The third kappa shape index (κ3) is 8.49. The summed E-state index contributed by atoms with van der Waals surface area (Å²) in [5.74, 6) is 0.316. The van der Waals surface area contributed by atoms with Crippen LogP contribution in [0.2, 0.25) is 0 Å². The first-order valence-corrected chi connectivity index (χ1v) is 14.8. The molecule has 202 valence electrons. The van der Waals surface area contributed by atoms with Crippen molar-refractivity contribution < 1.29 is 22.7 Å². The summed E-state index contributed by atoms with van der Waals surface area (Å²) in [5, 5.41) is 3.13. The van der Waals surface area contributed by atoms with Crippen LogP contribution < -0.4 is 14.4 Å². The Morgan fingerprint density at radius 2 is 1.76 bits per heavy atom. The number of methoxy groups -OCH3 is 1. The summed E-state index contributed by atoms with van der Waals surface area (Å²) < 4.78 is 31.4. The van der Waals surface area contributed by atoms with Gasteiger partial charge in [0, 0.05) is 25.6 Å². The molecule has 1 fully saturated rings. The van der Waals surface area contributed by atoms with Crippen molar-refractivity contribution in [2.75, 3.05) is 24.2 Å². The van der Waals surface area contributed by atoms with Crippen LogP contribution in [-0.4, -0.2) is 57.1 Å². The average molecular weight is 530 g/mol. The molecular weight excluding hydrogens is 490 g/mol. The lowest BCUT2D eigenvalue weighted by molar-refractivity contribution is -0.141. The highest BCUT2D eigenvalue weighted by atomic mass is 32.2. The van der Waals surface area contributed by atoms with Crippen LogP contribution in [0.3, 0.4) is 0 Å². The fourth-order valence-electron chi connectivity index (χ4n) is 4.72. The second-order valence-corrected chi connectivity index (χ2v) is 11.6. The van der Waals surface area contributed by atoms with Crippen LogP contribution in [0.5, 0.6) is 5.75 Å². The van der Waals surface area contributed by atoms with E-state index in [0.717, 1.165) is 37.5 Å². The molecule has 0 saturated heterocycles. The SMILES string of the molecule is COc1cccc(CN(C(=O)CCCN(c2ccccc2)S(C)(=O)=O)C(C)C(=O)NC2CCCCC2)c1. The Kier molecular flexibility index (Phi) is 10.4. The fourth-order valence-corrected chi connectivity index (χ4v) is 5.68. The van der Waals surface area contributed by atoms with E-state index in [0.29, 0.717) is 17.9 Å². The summed E-state index contributed by atoms with van der Waals surface area (Å²) >= 11 is 0. The number of nitrogens with zero attached hydrogens (tertiary/aromatic N) is 2. The van der Waals surface area contributed by atoms with Crippen LogP contribution in [0.25, 0.3) is 0 Å². The number of amides is 2. The predicted molar refractivity (Wildman–Crippen MR) is 146 cm³/mol. The molecule has 3 rings (SSSR count). The van der Waals surface area contributed by atoms with Gasteiger partial charge in [0.25, 0.3) is 0 Å². The van der Waals surface area contributed by atoms with E-state index in [1.54, 1.807) is 43.2 Å². The van der Waals surface area contributed by atoms with Gasteiger partial charge in [0.05, 0.1) is 19.1 Å². The molecule has 0 aromatic heterocycles. The van der Waals surface area contributed by atoms with Gasteiger partial charge in [-0.1, -0.05) is 49.6 Å². The van der Waals surface area contributed by atoms with E-state index >= 15 is 0 Å². The minimum Gasteiger partial charge on any atom is -0.497 e. The molecule has 2 aromatic rings. The van der Waals surface area contributed by atoms with Gasteiger partial charge in [0.2, 0.25) is 21.8 Å². The molecule has 1 aliphatic rings. The van der Waals surface area contributed by atoms with Crippen molar-refractivity contribution in [2.24, 2.45) is 0 Å². The van der Waals surface area contributed by atoms with E-state index < -0.39 is 16.1 Å². The number of hydrogen-bond donors (Lipinski definition) is 1. The molecule has 37 heavy (non-hydrogen) atoms. The number of rotatable bonds is 12. The molecule has 0 spiro atoms. The van der Waals surface area contributed by atoms with E-state index in [4.69, 9.17) is 4.74 Å². The number of benzene rings is 2. The summed E-state index contributed by atoms with van der Waals surface area (Å²) in [4.78, 5) is 28.2. The molecule has 9 heteroatoms. The lowest BCUT2D eigenvalue weighted by Gasteiger charge is -2.31. The number of sulfonamides is 1. The van der Waals surface area contributed by atoms with Gasteiger partial charge in [0.1, 0.15) is 11.8 Å². The molecule has 2 aromatic carbocycles. The molecule has 1 aliphatic carbocycles. The van der Waals surface area contributed by atoms with E-state index in [-0.39, 0.29) is 37.4 Å². The Bertz CT molecular complexity index is 1130. The molecule has 0 heterocycles. The molecular formula is C28H39N3O5S. The Hall–Kier alpha value is -3.07. The second kappa shape index (κ2) is 13.5. The van der Waals surface area contributed by atoms with Crippen LogP contribution in [0.15, 0.2) is 54.6 Å². The smallest absolute Gasteiger partial charge is 0.242 e. The first-order chi connectivity index (χ1) is 17.7. The van der Waals surface area contributed by atoms with E-state index in [2.05, 4.69) is 5.32 Å². The molecule has 0 aliphatic heterocycles. The van der Waals surface area contributed by atoms with Gasteiger partial charge in [-0.15, -0.1) is 0 Å². The third-order valence-corrected chi connectivity index (χ3v) is 8.00. The normalized spacial score (nSPS) is 15.0. The van der Waals surface area contributed by atoms with Crippen LogP contribution in [0.1, 0.15) is 57.4 Å². The van der Waals surface area contributed by atoms with Crippen molar-refractivity contribution in [2.45, 2.75) is 70.5 Å². The standard InChI is InChI=1S/C28H39N3O5S/c1-22(28(33)29-24-13-6-4-7-14-24)30(21-23-12-10-17-26(20-23)36-2)27(32)18-11-19-31(37(3,34)35)25-15-8-5-9-16-25/h5,8-10,12,15-17,20,22,24H,4,6-7,11,13-14,18-19,21H2,1-3H3,(H,29,33). The average Bonchev–Trinajstić information content (AvgIpc) is 2.89. The number of carbonyl (C=O) groups is 2. The van der Waals surface area contributed by atoms with Crippen molar-refractivity contribution in [1.29, 1.82) is 0 Å². The Balaban J connectivity index is 1.72. The van der Waals surface area contributed by atoms with Crippen molar-refractivity contribution in [1.82, 2.24) is 10.2 Å². The zero-order valence-electron chi connectivity index (χ0n) is 22.1. The summed E-state index contributed by atoms with van der Waals surface area (Å²) in [6, 6.07) is 15.8. The third-order valence-electron chi connectivity index (χ3n) is 6.80. The number of para-hydroxylation sites is 1. The highest BCUT2D eigenvalue weighted by molar-refractivity contribution is 7.92. The van der Waals surface area contributed by atoms with Crippen molar-refractivity contribution in [3.63, 3.8) is 0 Å². The van der Waals surface area contributed by atoms with Crippen molar-refractivity contribution in [3.05, 3.63) is 60.2 Å². The molecule has 2 amide bonds. The minimum absolute atomic E-state index is 0.115. The first-order valence-electron chi connectivity index (χ1n) is 12.9. The van der Waals surface area contributed by atoms with Crippen LogP contribution in [0, 0.1) is 0 Å². The van der Waals surface area contributed by atoms with Gasteiger partial charge in [-0.25, -0.2) is 8.42 Å². The van der Waals surface area contributed by atoms with Gasteiger partial charge in [-0.05, 0) is 56.0 Å². The number of nitrogens with one attached hydrogen (secondary N) is 1. The van der Waals surface area contributed by atoms with E-state index in [1.165, 1.54) is 10.7 Å². The second-order valence-electron chi connectivity index (χ2n) is 9.67. The monoisotopic (exact) mass is 529 g/mol. The molecule has 0 bridgehead atoms. The van der Waals surface area contributed by atoms with Crippen LogP contribution in [0.4, 0.5) is 5.69 Å². The van der Waals surface area contributed by atoms with Gasteiger partial charge in [-0.3, -0.25) is 13.9 Å². The number of hydrogen-bond acceptors (Lipinski definition) is 5. The summed E-state index contributed by atoms with van der Waals surface area (Å²) in [6.07, 6.45) is 6.92. The Morgan fingerprint density at radius 3 is 2.41 bits per heavy atom. The Morgan fingerprint density at radius 1 is 1.05 bits per heavy atom. The Labute approximate surface area is 221 Å². The summed E-state index contributed by atoms with van der Waals surface area (Å²) in [5.41, 5.74) is 1.41. The highest BCUT2D eigenvalue weighted by Crippen LogP contribution is 2.21. The molecule has 1 atom stereocenters. The topological polar surface area (TPSA) is 96.0 Å². The predicted octanol–water partition coefficient (Wildman–Crippen LogP) is 4.11. The largest absolute Gasteiger partial charge is 0.497 e. The van der Waals surface area contributed by atoms with Crippen LogP contribution >= 0.6 is 0 Å². The van der Waals surface area contributed by atoms with E-state index in [1.807, 2.05) is 30.3 Å². The van der Waals surface area contributed by atoms with Crippen LogP contribution in [-0.2, 0) is 26.2 Å². The fraction of sp³-hybridized carbons (Fsp3) is 0.500. The number of anilines is 1. The van der Waals surface area contributed by atoms with E-state index in [9.17, 15) is 18.0 Å². The van der Waals surface area contributed by atoms with Gasteiger partial charge in [0.15, 0.2) is 0 Å². The summed E-state index contributed by atoms with van der Waals surface area (Å²) in [6.45, 7) is 2.18. The van der Waals surface area contributed by atoms with Gasteiger partial charge in [-0.2, -0.15) is 0 Å². The lowest BCUT2D eigenvalue weighted by Crippen LogP contribution is -2.50. The maximum atomic E-state index is 13.5. The number of carbonyl (C=O) groups excluding carboxylic acids is 2. The minimum atomic E-state index is -3.51. The molecule has 1 unspecified atom stereocenters. The quantitative estimate of drug-likeness (QED) is 0.447. The molecule has 1 N–H and O–H groups in total. The maximum absolute atomic E-state index is 13.5. The molecule has 1 saturated carbocycles. The first kappa shape index (κ1) is 28.5. The molecule has 0 radical (unpaired) electrons. The lowest BCUT2D eigenvalue weighted by atomic mass is 9.95. The summed E-state index contributed by atoms with van der Waals surface area (Å²) in [7, 11) is -1.92. The maximum Gasteiger partial charge on any atom is 0.242 e. The number of ether oxygens (including phenoxy) is 1. The van der Waals surface area contributed by atoms with Gasteiger partial charge >= 0.3 is 0 Å². The highest BCUT2D eigenvalue weighted by Gasteiger charge is 2.28. The molecule has 8 nitrogen and oxygen atoms in total. The van der Waals surface area contributed by atoms with Crippen molar-refractivity contribution >= 4 is 27.5 Å². The van der Waals surface area contributed by atoms with Gasteiger partial charge < -0.3 is 15.0 Å². The zero-order valence-corrected chi connectivity index (χ0v) is 22.9. The van der Waals surface area contributed by atoms with Crippen molar-refractivity contribution in [3.8, 4) is 5.75 Å².